The van der Waals surface area contributed by atoms with E-state index in [1.807, 2.05) is 41.3 Å². The van der Waals surface area contributed by atoms with E-state index in [0.717, 1.165) is 37.9 Å². The average Bonchev–Trinajstić information content (AvgIpc) is 3.45. The lowest BCUT2D eigenvalue weighted by Gasteiger charge is -2.26. The van der Waals surface area contributed by atoms with Crippen molar-refractivity contribution in [2.45, 2.75) is 25.7 Å². The number of furan rings is 1. The highest BCUT2D eigenvalue weighted by molar-refractivity contribution is 8.27. The summed E-state index contributed by atoms with van der Waals surface area (Å²) in [4.78, 5) is 31.1. The zero-order valence-corrected chi connectivity index (χ0v) is 18.1. The highest BCUT2D eigenvalue weighted by atomic mass is 32.2. The van der Waals surface area contributed by atoms with Gasteiger partial charge in [-0.3, -0.25) is 15.0 Å². The molecule has 3 aliphatic heterocycles. The molecule has 4 heterocycles. The quantitative estimate of drug-likeness (QED) is 0.715. The van der Waals surface area contributed by atoms with E-state index < -0.39 is 5.91 Å². The molecule has 0 unspecified atom stereocenters. The summed E-state index contributed by atoms with van der Waals surface area (Å²) in [5.74, 6) is 0.543. The number of rotatable bonds is 4. The van der Waals surface area contributed by atoms with Gasteiger partial charge >= 0.3 is 0 Å². The monoisotopic (exact) mass is 447 g/mol. The first kappa shape index (κ1) is 20.4. The number of amides is 2. The summed E-state index contributed by atoms with van der Waals surface area (Å²) in [5, 5.41) is 15.1. The van der Waals surface area contributed by atoms with Crippen LogP contribution in [0.25, 0.3) is 17.4 Å². The fourth-order valence-corrected chi connectivity index (χ4v) is 4.69. The number of hydrogen-bond acceptors (Lipinski definition) is 6. The first-order chi connectivity index (χ1) is 15.6. The Morgan fingerprint density at radius 2 is 1.91 bits per heavy atom. The lowest BCUT2D eigenvalue weighted by molar-refractivity contribution is -0.130. The van der Waals surface area contributed by atoms with Crippen LogP contribution in [0.15, 0.2) is 62.5 Å². The topological polar surface area (TPSA) is 102 Å². The Labute approximate surface area is 189 Å². The molecule has 0 radical (unpaired) electrons. The number of fused-ring (bicyclic) bond motifs is 1. The molecule has 8 nitrogen and oxygen atoms in total. The first-order valence-corrected chi connectivity index (χ1v) is 11.3. The minimum Gasteiger partial charge on any atom is -0.457 e. The maximum absolute atomic E-state index is 12.6. The van der Waals surface area contributed by atoms with Gasteiger partial charge in [0.2, 0.25) is 11.1 Å². The SMILES string of the molecule is N=C1/C(=C/c2ccc(-c3ccccc3)o2)C(=O)N=C2SC(CC(=O)N3CCCCC3)=NN12. The van der Waals surface area contributed by atoms with Crippen LogP contribution in [0.5, 0.6) is 0 Å². The molecule has 3 aliphatic rings. The molecule has 1 N–H and O–H groups in total. The third kappa shape index (κ3) is 4.03. The van der Waals surface area contributed by atoms with Gasteiger partial charge in [0.1, 0.15) is 16.6 Å². The zero-order chi connectivity index (χ0) is 22.1. The molecule has 1 fully saturated rings. The molecule has 5 rings (SSSR count). The molecule has 2 amide bonds. The Bertz CT molecular complexity index is 1180. The van der Waals surface area contributed by atoms with Crippen LogP contribution in [0.4, 0.5) is 0 Å². The summed E-state index contributed by atoms with van der Waals surface area (Å²) >= 11 is 1.17. The Balaban J connectivity index is 1.33. The molecule has 162 valence electrons. The molecule has 0 atom stereocenters. The molecule has 9 heteroatoms. The van der Waals surface area contributed by atoms with E-state index in [2.05, 4.69) is 10.1 Å². The predicted octanol–water partition coefficient (Wildman–Crippen LogP) is 3.97. The average molecular weight is 448 g/mol. The third-order valence-electron chi connectivity index (χ3n) is 5.48. The van der Waals surface area contributed by atoms with Crippen molar-refractivity contribution in [2.75, 3.05) is 13.1 Å². The van der Waals surface area contributed by atoms with E-state index >= 15 is 0 Å². The van der Waals surface area contributed by atoms with Gasteiger partial charge in [-0.25, -0.2) is 0 Å². The summed E-state index contributed by atoms with van der Waals surface area (Å²) in [6.45, 7) is 1.55. The van der Waals surface area contributed by atoms with Gasteiger partial charge in [0.05, 0.1) is 12.0 Å². The largest absolute Gasteiger partial charge is 0.457 e. The minimum absolute atomic E-state index is 0.0223. The van der Waals surface area contributed by atoms with Crippen LogP contribution in [0, 0.1) is 5.41 Å². The second-order valence-corrected chi connectivity index (χ2v) is 8.74. The van der Waals surface area contributed by atoms with Crippen molar-refractivity contribution < 1.29 is 14.0 Å². The number of piperidine rings is 1. The predicted molar refractivity (Wildman–Crippen MR) is 124 cm³/mol. The van der Waals surface area contributed by atoms with Crippen molar-refractivity contribution in [1.82, 2.24) is 9.91 Å². The van der Waals surface area contributed by atoms with Crippen molar-refractivity contribution in [1.29, 1.82) is 5.41 Å². The molecule has 0 bridgehead atoms. The first-order valence-electron chi connectivity index (χ1n) is 10.5. The van der Waals surface area contributed by atoms with Gasteiger partial charge in [-0.1, -0.05) is 30.3 Å². The number of likely N-dealkylation sites (tertiary alicyclic amines) is 1. The Kier molecular flexibility index (Phi) is 5.48. The summed E-state index contributed by atoms with van der Waals surface area (Å²) < 4.78 is 5.84. The Morgan fingerprint density at radius 3 is 2.69 bits per heavy atom. The summed E-state index contributed by atoms with van der Waals surface area (Å²) in [6.07, 6.45) is 4.86. The van der Waals surface area contributed by atoms with Gasteiger partial charge in [-0.15, -0.1) is 0 Å². The lowest BCUT2D eigenvalue weighted by Crippen LogP contribution is -2.36. The van der Waals surface area contributed by atoms with Crippen LogP contribution in [-0.4, -0.2) is 50.9 Å². The van der Waals surface area contributed by atoms with E-state index in [4.69, 9.17) is 9.83 Å². The van der Waals surface area contributed by atoms with Gasteiger partial charge < -0.3 is 9.32 Å². The van der Waals surface area contributed by atoms with Crippen LogP contribution in [0.1, 0.15) is 31.4 Å². The van der Waals surface area contributed by atoms with Crippen molar-refractivity contribution in [3.8, 4) is 11.3 Å². The van der Waals surface area contributed by atoms with Crippen LogP contribution in [-0.2, 0) is 9.59 Å². The second kappa shape index (κ2) is 8.58. The summed E-state index contributed by atoms with van der Waals surface area (Å²) in [5.41, 5.74) is 1.02. The third-order valence-corrected chi connectivity index (χ3v) is 6.39. The number of benzene rings is 1. The molecule has 0 spiro atoms. The number of amidine groups is 2. The van der Waals surface area contributed by atoms with Crippen LogP contribution < -0.4 is 0 Å². The molecule has 32 heavy (non-hydrogen) atoms. The maximum Gasteiger partial charge on any atom is 0.283 e. The number of carbonyl (C=O) groups is 2. The molecular weight excluding hydrogens is 426 g/mol. The number of hydrazone groups is 1. The van der Waals surface area contributed by atoms with Crippen molar-refractivity contribution in [3.63, 3.8) is 0 Å². The van der Waals surface area contributed by atoms with Crippen molar-refractivity contribution >= 4 is 45.7 Å². The van der Waals surface area contributed by atoms with E-state index in [9.17, 15) is 9.59 Å². The lowest BCUT2D eigenvalue weighted by atomic mass is 10.1. The number of nitrogens with one attached hydrogen (secondary N) is 1. The van der Waals surface area contributed by atoms with Crippen LogP contribution in [0.3, 0.4) is 0 Å². The normalized spacial score (nSPS) is 19.8. The maximum atomic E-state index is 12.6. The minimum atomic E-state index is -0.523. The molecule has 0 aliphatic carbocycles. The smallest absolute Gasteiger partial charge is 0.283 e. The fourth-order valence-electron chi connectivity index (χ4n) is 3.82. The van der Waals surface area contributed by atoms with Gasteiger partial charge in [0.25, 0.3) is 5.91 Å². The standard InChI is InChI=1S/C23H21N5O3S/c24-21-17(13-16-9-10-18(31-16)15-7-3-1-4-8-15)22(30)25-23-28(21)26-19(32-23)14-20(29)27-11-5-2-6-12-27/h1,3-4,7-10,13,24H,2,5-6,11-12,14H2/b17-13-,24-21?. The van der Waals surface area contributed by atoms with E-state index in [1.54, 1.807) is 6.07 Å². The molecular formula is C23H21N5O3S. The van der Waals surface area contributed by atoms with Crippen molar-refractivity contribution in [3.05, 3.63) is 53.8 Å². The van der Waals surface area contributed by atoms with Gasteiger partial charge in [0, 0.05) is 18.7 Å². The van der Waals surface area contributed by atoms with E-state index in [0.29, 0.717) is 21.7 Å². The molecule has 1 aromatic carbocycles. The summed E-state index contributed by atoms with van der Waals surface area (Å²) in [6, 6.07) is 13.2. The highest BCUT2D eigenvalue weighted by Gasteiger charge is 2.36. The van der Waals surface area contributed by atoms with E-state index in [-0.39, 0.29) is 23.7 Å². The van der Waals surface area contributed by atoms with Gasteiger partial charge in [-0.2, -0.15) is 15.1 Å². The summed E-state index contributed by atoms with van der Waals surface area (Å²) in [7, 11) is 0. The van der Waals surface area contributed by atoms with Gasteiger partial charge in [0.15, 0.2) is 5.84 Å². The Morgan fingerprint density at radius 1 is 1.12 bits per heavy atom. The molecule has 1 saturated heterocycles. The second-order valence-electron chi connectivity index (χ2n) is 7.70. The van der Waals surface area contributed by atoms with Crippen LogP contribution >= 0.6 is 11.8 Å². The fraction of sp³-hybridized carbons (Fsp3) is 0.261. The molecule has 0 saturated carbocycles. The Hall–Kier alpha value is -3.46. The number of carbonyl (C=O) groups excluding carboxylic acids is 2. The van der Waals surface area contributed by atoms with Gasteiger partial charge in [-0.05, 0) is 49.2 Å². The van der Waals surface area contributed by atoms with E-state index in [1.165, 1.54) is 22.8 Å². The van der Waals surface area contributed by atoms with Crippen LogP contribution in [0.2, 0.25) is 0 Å². The number of hydrogen-bond donors (Lipinski definition) is 1. The molecule has 2 aromatic rings. The number of aliphatic imine (C=N–C) groups is 1. The zero-order valence-electron chi connectivity index (χ0n) is 17.3. The number of thioether (sulfide) groups is 1. The molecule has 1 aromatic heterocycles. The number of nitrogens with zero attached hydrogens (tertiary/aromatic N) is 4. The highest BCUT2D eigenvalue weighted by Crippen LogP contribution is 2.30. The van der Waals surface area contributed by atoms with Crippen molar-refractivity contribution in [2.24, 2.45) is 10.1 Å².